The quantitative estimate of drug-likeness (QED) is 0.326. The molecule has 2 aromatic carbocycles. The molecule has 38 heavy (non-hydrogen) atoms. The van der Waals surface area contributed by atoms with Crippen molar-refractivity contribution in [2.45, 2.75) is 50.9 Å². The van der Waals surface area contributed by atoms with Crippen LogP contribution in [0.5, 0.6) is 5.75 Å². The van der Waals surface area contributed by atoms with E-state index in [0.29, 0.717) is 25.9 Å². The number of carbonyl (C=O) groups excluding carboxylic acids is 2. The molecule has 2 atom stereocenters. The number of nitrogens with two attached hydrogens (primary N) is 1. The summed E-state index contributed by atoms with van der Waals surface area (Å²) in [6.07, 6.45) is 7.91. The first-order valence-electron chi connectivity index (χ1n) is 13.3. The summed E-state index contributed by atoms with van der Waals surface area (Å²) < 4.78 is 19.4. The normalized spacial score (nSPS) is 15.9. The number of rotatable bonds is 13. The van der Waals surface area contributed by atoms with Gasteiger partial charge in [-0.05, 0) is 48.2 Å². The van der Waals surface area contributed by atoms with Gasteiger partial charge in [0.1, 0.15) is 11.6 Å². The van der Waals surface area contributed by atoms with Gasteiger partial charge in [0.15, 0.2) is 0 Å². The summed E-state index contributed by atoms with van der Waals surface area (Å²) in [6, 6.07) is 14.2. The second kappa shape index (κ2) is 12.2. The van der Waals surface area contributed by atoms with Crippen LogP contribution in [0.2, 0.25) is 0 Å². The molecule has 0 spiro atoms. The van der Waals surface area contributed by atoms with E-state index in [1.54, 1.807) is 31.8 Å². The van der Waals surface area contributed by atoms with Crippen molar-refractivity contribution >= 4 is 11.8 Å². The molecule has 1 aromatic heterocycles. The molecule has 1 aliphatic heterocycles. The number of hydrogen-bond donors (Lipinski definition) is 2. The Hall–Kier alpha value is -3.68. The number of nitrogens with one attached hydrogen (secondary N) is 1. The number of nitrogens with zero attached hydrogens (tertiary/aromatic N) is 2. The molecule has 202 valence electrons. The minimum absolute atomic E-state index is 0.105. The van der Waals surface area contributed by atoms with Crippen LogP contribution in [0.25, 0.3) is 0 Å². The molecular formula is C30H37FN4O3. The van der Waals surface area contributed by atoms with Gasteiger partial charge in [0, 0.05) is 36.8 Å². The maximum atomic E-state index is 14.2. The number of aromatic amines is 1. The first kappa shape index (κ1) is 27.4. The highest BCUT2D eigenvalue weighted by molar-refractivity contribution is 5.88. The molecule has 1 fully saturated rings. The molecule has 2 heterocycles. The van der Waals surface area contributed by atoms with Gasteiger partial charge in [-0.25, -0.2) is 9.37 Å². The second-order valence-electron chi connectivity index (χ2n) is 10.4. The SMILES string of the molecule is CCCCCC1(c2cccc(F)c2)CN(C(=O)[C@H](Cc2ccc(OC)cc2)C(Cc2cnc[nH]2)C(N)=O)C1. The first-order chi connectivity index (χ1) is 18.3. The van der Waals surface area contributed by atoms with E-state index in [4.69, 9.17) is 10.5 Å². The monoisotopic (exact) mass is 520 g/mol. The number of benzene rings is 2. The van der Waals surface area contributed by atoms with E-state index in [1.807, 2.05) is 35.2 Å². The lowest BCUT2D eigenvalue weighted by molar-refractivity contribution is -0.148. The average Bonchev–Trinajstić information content (AvgIpc) is 3.41. The molecule has 1 aliphatic rings. The number of methoxy groups -OCH3 is 1. The number of hydrogen-bond acceptors (Lipinski definition) is 4. The smallest absolute Gasteiger partial charge is 0.226 e. The highest BCUT2D eigenvalue weighted by atomic mass is 19.1. The van der Waals surface area contributed by atoms with E-state index in [0.717, 1.165) is 48.3 Å². The third-order valence-electron chi connectivity index (χ3n) is 7.77. The lowest BCUT2D eigenvalue weighted by Crippen LogP contribution is -2.63. The van der Waals surface area contributed by atoms with Gasteiger partial charge in [0.05, 0.1) is 25.3 Å². The van der Waals surface area contributed by atoms with Crippen LogP contribution in [-0.4, -0.2) is 46.9 Å². The molecule has 7 nitrogen and oxygen atoms in total. The summed E-state index contributed by atoms with van der Waals surface area (Å²) in [5.41, 5.74) is 8.19. The highest BCUT2D eigenvalue weighted by Gasteiger charge is 2.48. The number of likely N-dealkylation sites (tertiary alicyclic amines) is 1. The van der Waals surface area contributed by atoms with Gasteiger partial charge in [-0.15, -0.1) is 0 Å². The summed E-state index contributed by atoms with van der Waals surface area (Å²) in [5.74, 6) is -1.54. The van der Waals surface area contributed by atoms with Crippen molar-refractivity contribution in [2.24, 2.45) is 17.6 Å². The first-order valence-corrected chi connectivity index (χ1v) is 13.3. The fraction of sp³-hybridized carbons (Fsp3) is 0.433. The molecule has 4 rings (SSSR count). The topological polar surface area (TPSA) is 101 Å². The summed E-state index contributed by atoms with van der Waals surface area (Å²) in [7, 11) is 1.60. The Morgan fingerprint density at radius 3 is 2.50 bits per heavy atom. The minimum atomic E-state index is -0.714. The van der Waals surface area contributed by atoms with Crippen molar-refractivity contribution in [1.29, 1.82) is 0 Å². The van der Waals surface area contributed by atoms with Gasteiger partial charge >= 0.3 is 0 Å². The minimum Gasteiger partial charge on any atom is -0.497 e. The number of primary amides is 1. The summed E-state index contributed by atoms with van der Waals surface area (Å²) in [4.78, 5) is 35.6. The summed E-state index contributed by atoms with van der Waals surface area (Å²) in [5, 5.41) is 0. The molecule has 0 aliphatic carbocycles. The number of halogens is 1. The number of imidazole rings is 1. The van der Waals surface area contributed by atoms with Gasteiger partial charge in [-0.3, -0.25) is 9.59 Å². The van der Waals surface area contributed by atoms with Gasteiger partial charge in [0.2, 0.25) is 11.8 Å². The van der Waals surface area contributed by atoms with Crippen molar-refractivity contribution in [3.63, 3.8) is 0 Å². The van der Waals surface area contributed by atoms with E-state index in [1.165, 1.54) is 6.07 Å². The molecule has 1 unspecified atom stereocenters. The second-order valence-corrected chi connectivity index (χ2v) is 10.4. The molecule has 8 heteroatoms. The zero-order chi connectivity index (χ0) is 27.1. The zero-order valence-electron chi connectivity index (χ0n) is 22.2. The van der Waals surface area contributed by atoms with Crippen molar-refractivity contribution < 1.29 is 18.7 Å². The largest absolute Gasteiger partial charge is 0.497 e. The van der Waals surface area contributed by atoms with Crippen LogP contribution in [0.4, 0.5) is 4.39 Å². The Morgan fingerprint density at radius 2 is 1.89 bits per heavy atom. The highest BCUT2D eigenvalue weighted by Crippen LogP contribution is 2.41. The van der Waals surface area contributed by atoms with E-state index in [-0.39, 0.29) is 17.1 Å². The molecule has 0 saturated carbocycles. The lowest BCUT2D eigenvalue weighted by atomic mass is 9.69. The maximum absolute atomic E-state index is 14.2. The van der Waals surface area contributed by atoms with Crippen LogP contribution in [-0.2, 0) is 27.8 Å². The van der Waals surface area contributed by atoms with Crippen LogP contribution >= 0.6 is 0 Å². The van der Waals surface area contributed by atoms with Gasteiger partial charge < -0.3 is 20.4 Å². The number of H-pyrrole nitrogens is 1. The van der Waals surface area contributed by atoms with E-state index < -0.39 is 17.7 Å². The molecule has 1 saturated heterocycles. The van der Waals surface area contributed by atoms with Crippen LogP contribution in [0.15, 0.2) is 61.1 Å². The number of ether oxygens (including phenoxy) is 1. The van der Waals surface area contributed by atoms with Crippen molar-refractivity contribution in [2.75, 3.05) is 20.2 Å². The summed E-state index contributed by atoms with van der Waals surface area (Å²) in [6.45, 7) is 3.14. The van der Waals surface area contributed by atoms with Crippen LogP contribution in [0.3, 0.4) is 0 Å². The number of aromatic nitrogens is 2. The van der Waals surface area contributed by atoms with Crippen molar-refractivity contribution in [1.82, 2.24) is 14.9 Å². The number of unbranched alkanes of at least 4 members (excludes halogenated alkanes) is 2. The van der Waals surface area contributed by atoms with E-state index >= 15 is 0 Å². The van der Waals surface area contributed by atoms with Gasteiger partial charge in [-0.1, -0.05) is 50.5 Å². The Labute approximate surface area is 223 Å². The predicted molar refractivity (Wildman–Crippen MR) is 144 cm³/mol. The van der Waals surface area contributed by atoms with Crippen LogP contribution in [0, 0.1) is 17.7 Å². The van der Waals surface area contributed by atoms with Gasteiger partial charge in [0.25, 0.3) is 0 Å². The Morgan fingerprint density at radius 1 is 1.13 bits per heavy atom. The summed E-state index contributed by atoms with van der Waals surface area (Å²) >= 11 is 0. The van der Waals surface area contributed by atoms with E-state index in [9.17, 15) is 14.0 Å². The van der Waals surface area contributed by atoms with E-state index in [2.05, 4.69) is 16.9 Å². The zero-order valence-corrected chi connectivity index (χ0v) is 22.2. The fourth-order valence-corrected chi connectivity index (χ4v) is 5.58. The Kier molecular flexibility index (Phi) is 8.81. The molecule has 2 amide bonds. The molecule has 0 radical (unpaired) electrons. The molecule has 3 N–H and O–H groups in total. The number of amides is 2. The molecule has 3 aromatic rings. The third-order valence-corrected chi connectivity index (χ3v) is 7.77. The average molecular weight is 521 g/mol. The Balaban J connectivity index is 1.59. The standard InChI is InChI=1S/C30H37FN4O3/c1-3-4-5-13-30(22-7-6-8-23(31)15-22)18-35(19-30)29(37)27(14-21-9-11-25(38-2)12-10-21)26(28(32)36)16-24-17-33-20-34-24/h6-12,15,17,20,26-27H,3-5,13-14,16,18-19H2,1-2H3,(H2,32,36)(H,33,34)/t26?,27-/m1/s1. The maximum Gasteiger partial charge on any atom is 0.226 e. The van der Waals surface area contributed by atoms with Gasteiger partial charge in [-0.2, -0.15) is 0 Å². The van der Waals surface area contributed by atoms with Crippen molar-refractivity contribution in [3.05, 3.63) is 83.7 Å². The fourth-order valence-electron chi connectivity index (χ4n) is 5.58. The van der Waals surface area contributed by atoms with Crippen molar-refractivity contribution in [3.8, 4) is 5.75 Å². The Bertz CT molecular complexity index is 1210. The van der Waals surface area contributed by atoms with Crippen LogP contribution < -0.4 is 10.5 Å². The van der Waals surface area contributed by atoms with Crippen LogP contribution in [0.1, 0.15) is 49.4 Å². The molecular weight excluding hydrogens is 483 g/mol. The third kappa shape index (κ3) is 6.23. The molecule has 0 bridgehead atoms. The number of carbonyl (C=O) groups is 2. The lowest BCUT2D eigenvalue weighted by Gasteiger charge is -2.52. The predicted octanol–water partition coefficient (Wildman–Crippen LogP) is 4.42.